The Morgan fingerprint density at radius 1 is 1.32 bits per heavy atom. The van der Waals surface area contributed by atoms with Crippen LogP contribution in [-0.4, -0.2) is 14.6 Å². The molecule has 96 valence electrons. The van der Waals surface area contributed by atoms with Crippen molar-refractivity contribution in [1.29, 1.82) is 0 Å². The first-order valence-electron chi connectivity index (χ1n) is 5.98. The number of fused-ring (bicyclic) bond motifs is 1. The van der Waals surface area contributed by atoms with Crippen LogP contribution in [0.15, 0.2) is 47.7 Å². The zero-order chi connectivity index (χ0) is 13.2. The smallest absolute Gasteiger partial charge is 0.275 e. The molecule has 0 unspecified atom stereocenters. The van der Waals surface area contributed by atoms with E-state index in [9.17, 15) is 4.79 Å². The predicted octanol–water partition coefficient (Wildman–Crippen LogP) is 1.91. The number of benzene rings is 1. The van der Waals surface area contributed by atoms with Crippen molar-refractivity contribution in [2.45, 2.75) is 13.5 Å². The molecule has 3 rings (SSSR count). The van der Waals surface area contributed by atoms with Gasteiger partial charge in [-0.15, -0.1) is 0 Å². The highest BCUT2D eigenvalue weighted by atomic mass is 16.5. The SMILES string of the molecule is Cc1c(OCc2ccccc2)cn2nc[nH]c(=O)c12. The molecule has 5 heteroatoms. The van der Waals surface area contributed by atoms with Gasteiger partial charge in [-0.3, -0.25) is 4.79 Å². The summed E-state index contributed by atoms with van der Waals surface area (Å²) >= 11 is 0. The molecule has 5 nitrogen and oxygen atoms in total. The summed E-state index contributed by atoms with van der Waals surface area (Å²) in [6.45, 7) is 2.32. The summed E-state index contributed by atoms with van der Waals surface area (Å²) in [5.74, 6) is 0.674. The third kappa shape index (κ3) is 2.10. The summed E-state index contributed by atoms with van der Waals surface area (Å²) in [5, 5.41) is 4.06. The van der Waals surface area contributed by atoms with Crippen molar-refractivity contribution in [3.63, 3.8) is 0 Å². The molecule has 0 radical (unpaired) electrons. The second-order valence-electron chi connectivity index (χ2n) is 4.30. The number of nitrogens with one attached hydrogen (secondary N) is 1. The number of nitrogens with zero attached hydrogens (tertiary/aromatic N) is 2. The summed E-state index contributed by atoms with van der Waals surface area (Å²) in [6.07, 6.45) is 3.10. The quantitative estimate of drug-likeness (QED) is 0.777. The summed E-state index contributed by atoms with van der Waals surface area (Å²) < 4.78 is 7.29. The van der Waals surface area contributed by atoms with Gasteiger partial charge in [-0.2, -0.15) is 5.10 Å². The molecule has 1 aromatic carbocycles. The van der Waals surface area contributed by atoms with E-state index >= 15 is 0 Å². The van der Waals surface area contributed by atoms with Crippen LogP contribution in [0.2, 0.25) is 0 Å². The zero-order valence-corrected chi connectivity index (χ0v) is 10.5. The third-order valence-corrected chi connectivity index (χ3v) is 3.02. The second-order valence-corrected chi connectivity index (χ2v) is 4.30. The molecule has 0 saturated carbocycles. The molecule has 0 spiro atoms. The van der Waals surface area contributed by atoms with E-state index in [4.69, 9.17) is 4.74 Å². The maximum absolute atomic E-state index is 11.7. The zero-order valence-electron chi connectivity index (χ0n) is 10.5. The lowest BCUT2D eigenvalue weighted by Crippen LogP contribution is -2.10. The standard InChI is InChI=1S/C14H13N3O2/c1-10-12(19-8-11-5-3-2-4-6-11)7-17-13(10)14(18)15-9-16-17/h2-7,9H,8H2,1H3,(H,15,16,18). The van der Waals surface area contributed by atoms with Crippen LogP contribution in [0.5, 0.6) is 5.75 Å². The van der Waals surface area contributed by atoms with Gasteiger partial charge in [-0.1, -0.05) is 30.3 Å². The van der Waals surface area contributed by atoms with E-state index in [0.29, 0.717) is 17.9 Å². The fourth-order valence-electron chi connectivity index (χ4n) is 2.03. The fraction of sp³-hybridized carbons (Fsp3) is 0.143. The molecule has 2 aromatic heterocycles. The molecule has 0 aliphatic carbocycles. The number of rotatable bonds is 3. The molecule has 0 fully saturated rings. The number of aryl methyl sites for hydroxylation is 1. The van der Waals surface area contributed by atoms with Gasteiger partial charge in [0, 0.05) is 5.56 Å². The van der Waals surface area contributed by atoms with Gasteiger partial charge in [0.1, 0.15) is 24.2 Å². The van der Waals surface area contributed by atoms with E-state index < -0.39 is 0 Å². The Hall–Kier alpha value is -2.56. The van der Waals surface area contributed by atoms with Gasteiger partial charge < -0.3 is 9.72 Å². The molecular weight excluding hydrogens is 242 g/mol. The van der Waals surface area contributed by atoms with Gasteiger partial charge in [-0.05, 0) is 12.5 Å². The Kier molecular flexibility index (Phi) is 2.79. The van der Waals surface area contributed by atoms with Gasteiger partial charge >= 0.3 is 0 Å². The maximum Gasteiger partial charge on any atom is 0.275 e. The van der Waals surface area contributed by atoms with E-state index in [1.54, 1.807) is 6.20 Å². The Labute approximate surface area is 109 Å². The lowest BCUT2D eigenvalue weighted by atomic mass is 10.2. The summed E-state index contributed by atoms with van der Waals surface area (Å²) in [7, 11) is 0. The van der Waals surface area contributed by atoms with Crippen LogP contribution < -0.4 is 10.3 Å². The third-order valence-electron chi connectivity index (χ3n) is 3.02. The van der Waals surface area contributed by atoms with Crippen LogP contribution >= 0.6 is 0 Å². The number of H-pyrrole nitrogens is 1. The molecule has 19 heavy (non-hydrogen) atoms. The Morgan fingerprint density at radius 3 is 2.84 bits per heavy atom. The fourth-order valence-corrected chi connectivity index (χ4v) is 2.03. The van der Waals surface area contributed by atoms with Crippen LogP contribution in [-0.2, 0) is 6.61 Å². The van der Waals surface area contributed by atoms with E-state index in [2.05, 4.69) is 10.1 Å². The van der Waals surface area contributed by atoms with Crippen molar-refractivity contribution in [2.24, 2.45) is 0 Å². The highest BCUT2D eigenvalue weighted by Crippen LogP contribution is 2.22. The average Bonchev–Trinajstić information content (AvgIpc) is 2.76. The molecule has 0 aliphatic rings. The summed E-state index contributed by atoms with van der Waals surface area (Å²) in [6, 6.07) is 9.89. The van der Waals surface area contributed by atoms with E-state index in [-0.39, 0.29) is 5.56 Å². The van der Waals surface area contributed by atoms with Crippen LogP contribution in [0.25, 0.3) is 5.52 Å². The lowest BCUT2D eigenvalue weighted by molar-refractivity contribution is 0.304. The van der Waals surface area contributed by atoms with Crippen LogP contribution in [0, 0.1) is 6.92 Å². The highest BCUT2D eigenvalue weighted by molar-refractivity contribution is 5.59. The number of ether oxygens (including phenoxy) is 1. The summed E-state index contributed by atoms with van der Waals surface area (Å²) in [5.41, 5.74) is 2.23. The number of hydrogen-bond donors (Lipinski definition) is 1. The van der Waals surface area contributed by atoms with Crippen molar-refractivity contribution < 1.29 is 4.74 Å². The first kappa shape index (κ1) is 11.5. The van der Waals surface area contributed by atoms with Crippen molar-refractivity contribution >= 4 is 5.52 Å². The van der Waals surface area contributed by atoms with Crippen molar-refractivity contribution in [1.82, 2.24) is 14.6 Å². The Morgan fingerprint density at radius 2 is 2.11 bits per heavy atom. The molecule has 1 N–H and O–H groups in total. The lowest BCUT2D eigenvalue weighted by Gasteiger charge is -2.04. The molecule has 0 atom stereocenters. The molecule has 0 aliphatic heterocycles. The molecular formula is C14H13N3O2. The van der Waals surface area contributed by atoms with Crippen molar-refractivity contribution in [3.8, 4) is 5.75 Å². The first-order chi connectivity index (χ1) is 9.25. The maximum atomic E-state index is 11.7. The van der Waals surface area contributed by atoms with Gasteiger partial charge in [0.2, 0.25) is 0 Å². The molecule has 3 aromatic rings. The number of hydrogen-bond acceptors (Lipinski definition) is 3. The predicted molar refractivity (Wildman–Crippen MR) is 71.3 cm³/mol. The summed E-state index contributed by atoms with van der Waals surface area (Å²) in [4.78, 5) is 14.3. The topological polar surface area (TPSA) is 59.4 Å². The first-order valence-corrected chi connectivity index (χ1v) is 5.98. The van der Waals surface area contributed by atoms with Crippen LogP contribution in [0.1, 0.15) is 11.1 Å². The minimum Gasteiger partial charge on any atom is -0.487 e. The van der Waals surface area contributed by atoms with Crippen molar-refractivity contribution in [2.75, 3.05) is 0 Å². The van der Waals surface area contributed by atoms with Gasteiger partial charge in [-0.25, -0.2) is 4.52 Å². The second kappa shape index (κ2) is 4.61. The van der Waals surface area contributed by atoms with E-state index in [0.717, 1.165) is 11.1 Å². The number of aromatic amines is 1. The minimum absolute atomic E-state index is 0.165. The monoisotopic (exact) mass is 255 g/mol. The normalized spacial score (nSPS) is 10.8. The average molecular weight is 255 g/mol. The van der Waals surface area contributed by atoms with Crippen molar-refractivity contribution in [3.05, 3.63) is 64.3 Å². The largest absolute Gasteiger partial charge is 0.487 e. The van der Waals surface area contributed by atoms with E-state index in [1.165, 1.54) is 10.8 Å². The van der Waals surface area contributed by atoms with E-state index in [1.807, 2.05) is 37.3 Å². The molecule has 0 amide bonds. The molecule has 2 heterocycles. The molecule has 0 bridgehead atoms. The van der Waals surface area contributed by atoms with Gasteiger partial charge in [0.05, 0.1) is 6.20 Å². The number of aromatic nitrogens is 3. The van der Waals surface area contributed by atoms with Crippen LogP contribution in [0.4, 0.5) is 0 Å². The minimum atomic E-state index is -0.165. The highest BCUT2D eigenvalue weighted by Gasteiger charge is 2.11. The van der Waals surface area contributed by atoms with Gasteiger partial charge in [0.15, 0.2) is 0 Å². The Bertz CT molecular complexity index is 759. The van der Waals surface area contributed by atoms with Gasteiger partial charge in [0.25, 0.3) is 5.56 Å². The Balaban J connectivity index is 1.92. The molecule has 0 saturated heterocycles. The van der Waals surface area contributed by atoms with Crippen LogP contribution in [0.3, 0.4) is 0 Å².